The van der Waals surface area contributed by atoms with Gasteiger partial charge in [0.05, 0.1) is 5.02 Å². The van der Waals surface area contributed by atoms with Crippen molar-refractivity contribution in [2.75, 3.05) is 0 Å². The Labute approximate surface area is 233 Å². The number of sulfonamides is 1. The van der Waals surface area contributed by atoms with Gasteiger partial charge in [-0.25, -0.2) is 8.42 Å². The number of rotatable bonds is 10. The summed E-state index contributed by atoms with van der Waals surface area (Å²) in [7, 11) is -4.14. The highest BCUT2D eigenvalue weighted by atomic mass is 35.5. The molecule has 200 valence electrons. The van der Waals surface area contributed by atoms with E-state index in [2.05, 4.69) is 21.1 Å². The van der Waals surface area contributed by atoms with Crippen LogP contribution >= 0.6 is 11.6 Å². The molecule has 0 fully saturated rings. The smallest absolute Gasteiger partial charge is 0.243 e. The average Bonchev–Trinajstić information content (AvgIpc) is 3.41. The van der Waals surface area contributed by atoms with Crippen LogP contribution in [-0.4, -0.2) is 29.9 Å². The van der Waals surface area contributed by atoms with Crippen LogP contribution in [0.1, 0.15) is 36.2 Å². The number of carbonyl (C=O) groups is 1. The molecule has 0 aliphatic heterocycles. The molecule has 0 bridgehead atoms. The summed E-state index contributed by atoms with van der Waals surface area (Å²) in [5.41, 5.74) is 3.78. The maximum Gasteiger partial charge on any atom is 0.243 e. The second kappa shape index (κ2) is 12.3. The normalized spacial score (nSPS) is 12.9. The summed E-state index contributed by atoms with van der Waals surface area (Å²) >= 11 is 6.24. The number of carbonyl (C=O) groups excluding carboxylic acids is 1. The molecular weight excluding hydrogens is 534 g/mol. The van der Waals surface area contributed by atoms with Gasteiger partial charge in [0.25, 0.3) is 0 Å². The SMILES string of the molecule is Cc1cccc(Cl)c1S(=O)(=O)NC(CC(C)n1cccc1C#N)C(=O)NCc1ccc(-c2ccncc2)cc1. The van der Waals surface area contributed by atoms with Crippen molar-refractivity contribution in [1.82, 2.24) is 19.6 Å². The highest BCUT2D eigenvalue weighted by Gasteiger charge is 2.30. The third-order valence-corrected chi connectivity index (χ3v) is 8.53. The quantitative estimate of drug-likeness (QED) is 0.283. The molecule has 10 heteroatoms. The van der Waals surface area contributed by atoms with Gasteiger partial charge >= 0.3 is 0 Å². The number of amides is 1. The molecular formula is C29H28ClN5O3S. The molecule has 0 saturated carbocycles. The Morgan fingerprint density at radius 3 is 2.41 bits per heavy atom. The molecule has 0 radical (unpaired) electrons. The Balaban J connectivity index is 1.54. The summed E-state index contributed by atoms with van der Waals surface area (Å²) in [4.78, 5) is 17.4. The van der Waals surface area contributed by atoms with Crippen LogP contribution in [0.4, 0.5) is 0 Å². The van der Waals surface area contributed by atoms with E-state index < -0.39 is 22.0 Å². The van der Waals surface area contributed by atoms with E-state index in [1.165, 1.54) is 6.07 Å². The Hall–Kier alpha value is -3.97. The van der Waals surface area contributed by atoms with Crippen molar-refractivity contribution in [3.63, 3.8) is 0 Å². The average molecular weight is 562 g/mol. The maximum absolute atomic E-state index is 13.4. The predicted molar refractivity (Wildman–Crippen MR) is 150 cm³/mol. The van der Waals surface area contributed by atoms with Crippen LogP contribution in [0, 0.1) is 18.3 Å². The van der Waals surface area contributed by atoms with Crippen molar-refractivity contribution >= 4 is 27.5 Å². The number of nitriles is 1. The van der Waals surface area contributed by atoms with Gasteiger partial charge in [0.15, 0.2) is 0 Å². The lowest BCUT2D eigenvalue weighted by Gasteiger charge is -2.24. The lowest BCUT2D eigenvalue weighted by atomic mass is 10.0. The summed E-state index contributed by atoms with van der Waals surface area (Å²) in [6, 6.07) is 20.4. The molecule has 39 heavy (non-hydrogen) atoms. The number of hydrogen-bond donors (Lipinski definition) is 2. The van der Waals surface area contributed by atoms with E-state index in [4.69, 9.17) is 11.6 Å². The minimum atomic E-state index is -4.14. The number of pyridine rings is 1. The minimum absolute atomic E-state index is 0.0671. The zero-order chi connectivity index (χ0) is 28.0. The number of nitrogens with one attached hydrogen (secondary N) is 2. The van der Waals surface area contributed by atoms with Gasteiger partial charge in [-0.3, -0.25) is 9.78 Å². The van der Waals surface area contributed by atoms with Gasteiger partial charge in [0, 0.05) is 31.2 Å². The first-order valence-corrected chi connectivity index (χ1v) is 14.2. The molecule has 0 saturated heterocycles. The summed E-state index contributed by atoms with van der Waals surface area (Å²) in [5, 5.41) is 12.3. The van der Waals surface area contributed by atoms with E-state index in [1.54, 1.807) is 54.3 Å². The lowest BCUT2D eigenvalue weighted by Crippen LogP contribution is -2.47. The van der Waals surface area contributed by atoms with Gasteiger partial charge in [-0.1, -0.05) is 48.0 Å². The molecule has 1 amide bonds. The first-order valence-electron chi connectivity index (χ1n) is 12.3. The van der Waals surface area contributed by atoms with Crippen LogP contribution in [0.5, 0.6) is 0 Å². The van der Waals surface area contributed by atoms with Gasteiger partial charge < -0.3 is 9.88 Å². The fourth-order valence-electron chi connectivity index (χ4n) is 4.41. The Kier molecular flexibility index (Phi) is 8.82. The van der Waals surface area contributed by atoms with Gasteiger partial charge in [0.1, 0.15) is 22.7 Å². The lowest BCUT2D eigenvalue weighted by molar-refractivity contribution is -0.123. The molecule has 2 N–H and O–H groups in total. The van der Waals surface area contributed by atoms with Crippen LogP contribution < -0.4 is 10.0 Å². The van der Waals surface area contributed by atoms with Crippen LogP contribution in [0.15, 0.2) is 90.2 Å². The van der Waals surface area contributed by atoms with Crippen molar-refractivity contribution in [2.24, 2.45) is 0 Å². The van der Waals surface area contributed by atoms with Crippen LogP contribution in [-0.2, 0) is 21.4 Å². The fourth-order valence-corrected chi connectivity index (χ4v) is 6.45. The standard InChI is InChI=1S/C29H28ClN5O3S/c1-20-5-3-7-26(30)28(20)39(37,38)34-27(17-21(2)35-16-4-6-25(35)18-31)29(36)33-19-22-8-10-23(11-9-22)24-12-14-32-15-13-24/h3-16,21,27,34H,17,19H2,1-2H3,(H,33,36). The van der Waals surface area contributed by atoms with E-state index in [9.17, 15) is 18.5 Å². The van der Waals surface area contributed by atoms with E-state index in [0.29, 0.717) is 11.3 Å². The van der Waals surface area contributed by atoms with Crippen molar-refractivity contribution in [1.29, 1.82) is 5.26 Å². The second-order valence-electron chi connectivity index (χ2n) is 9.21. The van der Waals surface area contributed by atoms with Crippen molar-refractivity contribution < 1.29 is 13.2 Å². The molecule has 2 aromatic carbocycles. The summed E-state index contributed by atoms with van der Waals surface area (Å²) < 4.78 is 31.1. The highest BCUT2D eigenvalue weighted by molar-refractivity contribution is 7.89. The number of aromatic nitrogens is 2. The first kappa shape index (κ1) is 28.0. The van der Waals surface area contributed by atoms with Gasteiger partial charge in [0.2, 0.25) is 15.9 Å². The summed E-state index contributed by atoms with van der Waals surface area (Å²) in [6.45, 7) is 3.68. The number of benzene rings is 2. The molecule has 2 heterocycles. The molecule has 0 aliphatic rings. The molecule has 4 rings (SSSR count). The van der Waals surface area contributed by atoms with Crippen LogP contribution in [0.3, 0.4) is 0 Å². The summed E-state index contributed by atoms with van der Waals surface area (Å²) in [5.74, 6) is -0.487. The minimum Gasteiger partial charge on any atom is -0.351 e. The van der Waals surface area contributed by atoms with E-state index in [-0.39, 0.29) is 28.9 Å². The number of halogens is 1. The second-order valence-corrected chi connectivity index (χ2v) is 11.3. The van der Waals surface area contributed by atoms with Gasteiger partial charge in [-0.2, -0.15) is 9.98 Å². The Bertz CT molecular complexity index is 1580. The topological polar surface area (TPSA) is 117 Å². The van der Waals surface area contributed by atoms with E-state index in [1.807, 2.05) is 43.3 Å². The zero-order valence-corrected chi connectivity index (χ0v) is 23.1. The number of nitrogens with zero attached hydrogens (tertiary/aromatic N) is 3. The molecule has 4 aromatic rings. The Morgan fingerprint density at radius 1 is 1.05 bits per heavy atom. The van der Waals surface area contributed by atoms with Gasteiger partial charge in [-0.05, 0) is 72.9 Å². The summed E-state index contributed by atoms with van der Waals surface area (Å²) in [6.07, 6.45) is 5.29. The maximum atomic E-state index is 13.4. The molecule has 0 spiro atoms. The highest BCUT2D eigenvalue weighted by Crippen LogP contribution is 2.26. The number of hydrogen-bond acceptors (Lipinski definition) is 5. The van der Waals surface area contributed by atoms with Crippen molar-refractivity contribution in [3.8, 4) is 17.2 Å². The Morgan fingerprint density at radius 2 is 1.74 bits per heavy atom. The van der Waals surface area contributed by atoms with E-state index in [0.717, 1.165) is 16.7 Å². The molecule has 2 atom stereocenters. The van der Waals surface area contributed by atoms with Crippen LogP contribution in [0.2, 0.25) is 5.02 Å². The predicted octanol–water partition coefficient (Wildman–Crippen LogP) is 5.00. The zero-order valence-electron chi connectivity index (χ0n) is 21.5. The molecule has 8 nitrogen and oxygen atoms in total. The third kappa shape index (κ3) is 6.73. The molecule has 2 unspecified atom stereocenters. The van der Waals surface area contributed by atoms with Crippen molar-refractivity contribution in [2.45, 2.75) is 43.8 Å². The molecule has 2 aromatic heterocycles. The first-order chi connectivity index (χ1) is 18.7. The molecule has 0 aliphatic carbocycles. The largest absolute Gasteiger partial charge is 0.351 e. The van der Waals surface area contributed by atoms with E-state index >= 15 is 0 Å². The van der Waals surface area contributed by atoms with Gasteiger partial charge in [-0.15, -0.1) is 0 Å². The fraction of sp³-hybridized carbons (Fsp3) is 0.207. The third-order valence-electron chi connectivity index (χ3n) is 6.43. The van der Waals surface area contributed by atoms with Crippen LogP contribution in [0.25, 0.3) is 11.1 Å². The van der Waals surface area contributed by atoms with Crippen molar-refractivity contribution in [3.05, 3.63) is 107 Å². The number of aryl methyl sites for hydroxylation is 1. The monoisotopic (exact) mass is 561 g/mol.